The van der Waals surface area contributed by atoms with E-state index in [9.17, 15) is 9.18 Å². The van der Waals surface area contributed by atoms with E-state index in [4.69, 9.17) is 14.7 Å². The number of hydrogen-bond acceptors (Lipinski definition) is 5. The van der Waals surface area contributed by atoms with E-state index in [1.54, 1.807) is 19.3 Å². The molecule has 33 heavy (non-hydrogen) atoms. The third kappa shape index (κ3) is 6.05. The van der Waals surface area contributed by atoms with Crippen molar-refractivity contribution in [1.29, 1.82) is 5.26 Å². The molecule has 0 aliphatic heterocycles. The molecule has 0 unspecified atom stereocenters. The van der Waals surface area contributed by atoms with Crippen molar-refractivity contribution in [2.75, 3.05) is 7.11 Å². The maximum absolute atomic E-state index is 14.0. The Kier molecular flexibility index (Phi) is 7.92. The van der Waals surface area contributed by atoms with Crippen LogP contribution < -0.4 is 14.9 Å². The molecule has 0 heterocycles. The Labute approximate surface area is 191 Å². The van der Waals surface area contributed by atoms with Crippen molar-refractivity contribution in [1.82, 2.24) is 5.43 Å². The van der Waals surface area contributed by atoms with Gasteiger partial charge in [0, 0.05) is 5.56 Å². The summed E-state index contributed by atoms with van der Waals surface area (Å²) < 4.78 is 25.6. The maximum Gasteiger partial charge on any atom is 0.274 e. The van der Waals surface area contributed by atoms with Crippen molar-refractivity contribution in [3.63, 3.8) is 0 Å². The zero-order valence-electron chi connectivity index (χ0n) is 18.0. The first-order chi connectivity index (χ1) is 16.0. The van der Waals surface area contributed by atoms with E-state index < -0.39 is 11.7 Å². The van der Waals surface area contributed by atoms with Crippen LogP contribution in [0, 0.1) is 17.1 Å². The van der Waals surface area contributed by atoms with Gasteiger partial charge in [0.1, 0.15) is 12.4 Å². The highest BCUT2D eigenvalue weighted by molar-refractivity contribution is 5.95. The Bertz CT molecular complexity index is 1220. The van der Waals surface area contributed by atoms with Crippen LogP contribution in [0.25, 0.3) is 0 Å². The van der Waals surface area contributed by atoms with E-state index in [2.05, 4.69) is 17.1 Å². The number of carbonyl (C=O) groups excluding carboxylic acids is 1. The molecule has 0 radical (unpaired) electrons. The second-order valence-electron chi connectivity index (χ2n) is 6.98. The van der Waals surface area contributed by atoms with Crippen LogP contribution in [0.1, 0.15) is 32.6 Å². The van der Waals surface area contributed by atoms with E-state index in [1.165, 1.54) is 18.3 Å². The van der Waals surface area contributed by atoms with Gasteiger partial charge in [0.05, 0.1) is 30.5 Å². The molecule has 6 nitrogen and oxygen atoms in total. The third-order valence-electron chi connectivity index (χ3n) is 4.69. The molecule has 0 aromatic heterocycles. The molecule has 166 valence electrons. The topological polar surface area (TPSA) is 83.7 Å². The molecular weight excluding hydrogens is 421 g/mol. The fourth-order valence-electron chi connectivity index (χ4n) is 3.10. The Hall–Kier alpha value is -4.44. The molecule has 0 saturated heterocycles. The van der Waals surface area contributed by atoms with Crippen molar-refractivity contribution >= 4 is 12.1 Å². The van der Waals surface area contributed by atoms with Gasteiger partial charge in [-0.1, -0.05) is 36.4 Å². The highest BCUT2D eigenvalue weighted by Crippen LogP contribution is 2.34. The lowest BCUT2D eigenvalue weighted by Gasteiger charge is -2.16. The van der Waals surface area contributed by atoms with Crippen LogP contribution in [0.5, 0.6) is 11.5 Å². The Balaban J connectivity index is 1.78. The van der Waals surface area contributed by atoms with Gasteiger partial charge >= 0.3 is 0 Å². The van der Waals surface area contributed by atoms with Gasteiger partial charge in [0.15, 0.2) is 11.5 Å². The number of halogens is 1. The third-order valence-corrected chi connectivity index (χ3v) is 4.69. The Morgan fingerprint density at radius 1 is 1.21 bits per heavy atom. The van der Waals surface area contributed by atoms with E-state index in [0.29, 0.717) is 30.1 Å². The first-order valence-electron chi connectivity index (χ1n) is 10.1. The zero-order valence-corrected chi connectivity index (χ0v) is 18.0. The summed E-state index contributed by atoms with van der Waals surface area (Å²) >= 11 is 0. The summed E-state index contributed by atoms with van der Waals surface area (Å²) in [5.41, 5.74) is 4.72. The smallest absolute Gasteiger partial charge is 0.274 e. The van der Waals surface area contributed by atoms with Crippen molar-refractivity contribution in [3.8, 4) is 17.6 Å². The lowest BCUT2D eigenvalue weighted by Crippen LogP contribution is -2.19. The van der Waals surface area contributed by atoms with Gasteiger partial charge in [0.25, 0.3) is 5.91 Å². The number of methoxy groups -OCH3 is 1. The van der Waals surface area contributed by atoms with Gasteiger partial charge in [-0.2, -0.15) is 10.4 Å². The minimum Gasteiger partial charge on any atom is -0.493 e. The number of hydrogen-bond donors (Lipinski definition) is 1. The highest BCUT2D eigenvalue weighted by atomic mass is 19.1. The van der Waals surface area contributed by atoms with E-state index >= 15 is 0 Å². The van der Waals surface area contributed by atoms with Crippen LogP contribution in [0.2, 0.25) is 0 Å². The molecule has 0 spiro atoms. The summed E-state index contributed by atoms with van der Waals surface area (Å²) in [5, 5.41) is 12.7. The molecule has 0 bridgehead atoms. The summed E-state index contributed by atoms with van der Waals surface area (Å²) in [5.74, 6) is -0.413. The maximum atomic E-state index is 14.0. The Morgan fingerprint density at radius 2 is 2.00 bits per heavy atom. The first-order valence-corrected chi connectivity index (χ1v) is 10.1. The quantitative estimate of drug-likeness (QED) is 0.293. The van der Waals surface area contributed by atoms with E-state index in [1.807, 2.05) is 42.5 Å². The molecule has 0 aliphatic rings. The Morgan fingerprint density at radius 3 is 2.67 bits per heavy atom. The summed E-state index contributed by atoms with van der Waals surface area (Å²) in [6.45, 7) is 4.17. The summed E-state index contributed by atoms with van der Waals surface area (Å²) in [6.07, 6.45) is 3.71. The number of nitriles is 1. The molecular formula is C26H22FN3O3. The fraction of sp³-hybridized carbons (Fsp3) is 0.115. The van der Waals surface area contributed by atoms with Crippen LogP contribution >= 0.6 is 0 Å². The van der Waals surface area contributed by atoms with Gasteiger partial charge < -0.3 is 9.47 Å². The molecule has 7 heteroatoms. The molecule has 3 rings (SSSR count). The van der Waals surface area contributed by atoms with E-state index in [-0.39, 0.29) is 11.1 Å². The lowest BCUT2D eigenvalue weighted by molar-refractivity contribution is 0.0951. The van der Waals surface area contributed by atoms with Gasteiger partial charge in [-0.05, 0) is 47.9 Å². The van der Waals surface area contributed by atoms with Gasteiger partial charge in [-0.25, -0.2) is 9.82 Å². The molecule has 0 atom stereocenters. The number of nitrogens with one attached hydrogen (secondary N) is 1. The number of carbonyl (C=O) groups is 1. The summed E-state index contributed by atoms with van der Waals surface area (Å²) in [6, 6.07) is 18.8. The number of rotatable bonds is 9. The molecule has 3 aromatic rings. The van der Waals surface area contributed by atoms with Crippen molar-refractivity contribution in [2.45, 2.75) is 13.0 Å². The second-order valence-corrected chi connectivity index (χ2v) is 6.98. The van der Waals surface area contributed by atoms with Crippen LogP contribution in [0.4, 0.5) is 4.39 Å². The SMILES string of the molecule is C=CCc1cc(/C=N\NC(=O)c2ccc(C#N)cc2F)cc(OC)c1OCc1ccccc1. The number of amides is 1. The molecule has 3 aromatic carbocycles. The molecule has 1 amide bonds. The average Bonchev–Trinajstić information content (AvgIpc) is 2.83. The monoisotopic (exact) mass is 443 g/mol. The van der Waals surface area contributed by atoms with Gasteiger partial charge in [-0.15, -0.1) is 6.58 Å². The van der Waals surface area contributed by atoms with Crippen molar-refractivity contribution < 1.29 is 18.7 Å². The van der Waals surface area contributed by atoms with Gasteiger partial charge in [-0.3, -0.25) is 4.79 Å². The molecule has 0 fully saturated rings. The van der Waals surface area contributed by atoms with Crippen molar-refractivity contribution in [2.24, 2.45) is 5.10 Å². The summed E-state index contributed by atoms with van der Waals surface area (Å²) in [7, 11) is 1.54. The minimum absolute atomic E-state index is 0.129. The average molecular weight is 443 g/mol. The molecule has 0 aliphatic carbocycles. The minimum atomic E-state index is -0.795. The predicted octanol–water partition coefficient (Wildman–Crippen LogP) is 4.78. The number of nitrogens with zero attached hydrogens (tertiary/aromatic N) is 2. The number of allylic oxidation sites excluding steroid dienone is 1. The summed E-state index contributed by atoms with van der Waals surface area (Å²) in [4.78, 5) is 12.2. The number of hydrazone groups is 1. The second kappa shape index (κ2) is 11.3. The normalized spacial score (nSPS) is 10.5. The number of ether oxygens (including phenoxy) is 2. The van der Waals surface area contributed by atoms with Gasteiger partial charge in [0.2, 0.25) is 0 Å². The highest BCUT2D eigenvalue weighted by Gasteiger charge is 2.14. The van der Waals surface area contributed by atoms with Crippen LogP contribution in [-0.2, 0) is 13.0 Å². The first kappa shape index (κ1) is 23.2. The lowest BCUT2D eigenvalue weighted by atomic mass is 10.1. The molecule has 1 N–H and O–H groups in total. The van der Waals surface area contributed by atoms with Crippen LogP contribution in [0.3, 0.4) is 0 Å². The number of benzene rings is 3. The standard InChI is InChI=1S/C26H22FN3O3/c1-3-7-21-12-20(14-24(32-2)25(21)33-17-18-8-5-4-6-9-18)16-29-30-26(31)22-11-10-19(15-28)13-23(22)27/h3-6,8-14,16H,1,7,17H2,2H3,(H,30,31)/b29-16-. The van der Waals surface area contributed by atoms with Crippen LogP contribution in [-0.4, -0.2) is 19.2 Å². The largest absolute Gasteiger partial charge is 0.493 e. The van der Waals surface area contributed by atoms with Crippen LogP contribution in [0.15, 0.2) is 78.4 Å². The zero-order chi connectivity index (χ0) is 23.6. The fourth-order valence-corrected chi connectivity index (χ4v) is 3.10. The predicted molar refractivity (Wildman–Crippen MR) is 124 cm³/mol. The molecule has 0 saturated carbocycles. The van der Waals surface area contributed by atoms with Crippen molar-refractivity contribution in [3.05, 3.63) is 107 Å². The van der Waals surface area contributed by atoms with E-state index in [0.717, 1.165) is 17.2 Å².